The van der Waals surface area contributed by atoms with Crippen molar-refractivity contribution < 1.29 is 9.52 Å². The maximum absolute atomic E-state index is 10.7. The molecule has 0 spiro atoms. The summed E-state index contributed by atoms with van der Waals surface area (Å²) in [6, 6.07) is 13.7. The van der Waals surface area contributed by atoms with Crippen LogP contribution in [-0.4, -0.2) is 43.2 Å². The van der Waals surface area contributed by atoms with Gasteiger partial charge in [-0.15, -0.1) is 0 Å². The highest BCUT2D eigenvalue weighted by Gasteiger charge is 2.26. The Labute approximate surface area is 171 Å². The van der Waals surface area contributed by atoms with E-state index in [0.717, 1.165) is 28.8 Å². The molecule has 3 aromatic rings. The maximum Gasteiger partial charge on any atom is 0.191 e. The van der Waals surface area contributed by atoms with E-state index in [1.165, 1.54) is 0 Å². The lowest BCUT2D eigenvalue weighted by molar-refractivity contribution is 0.0386. The van der Waals surface area contributed by atoms with Crippen LogP contribution in [0.1, 0.15) is 25.2 Å². The lowest BCUT2D eigenvalue weighted by Crippen LogP contribution is -2.44. The summed E-state index contributed by atoms with van der Waals surface area (Å²) in [5, 5.41) is 18.2. The molecule has 7 heteroatoms. The molecule has 29 heavy (non-hydrogen) atoms. The van der Waals surface area contributed by atoms with E-state index in [1.54, 1.807) is 25.3 Å². The van der Waals surface area contributed by atoms with Gasteiger partial charge in [0, 0.05) is 26.0 Å². The van der Waals surface area contributed by atoms with Crippen molar-refractivity contribution in [2.75, 3.05) is 32.1 Å². The molecule has 0 radical (unpaired) electrons. The van der Waals surface area contributed by atoms with Crippen molar-refractivity contribution in [3.8, 4) is 0 Å². The van der Waals surface area contributed by atoms with Gasteiger partial charge in [0.2, 0.25) is 0 Å². The second-order valence-electron chi connectivity index (χ2n) is 7.35. The average molecular weight is 396 g/mol. The first-order valence-electron chi connectivity index (χ1n) is 9.75. The number of nitrogens with zero attached hydrogens (tertiary/aromatic N) is 3. The van der Waals surface area contributed by atoms with Crippen molar-refractivity contribution in [2.24, 2.45) is 4.99 Å². The molecule has 3 rings (SSSR count). The summed E-state index contributed by atoms with van der Waals surface area (Å²) in [7, 11) is 3.96. The van der Waals surface area contributed by atoms with Gasteiger partial charge in [0.1, 0.15) is 17.2 Å². The van der Waals surface area contributed by atoms with Gasteiger partial charge in [-0.3, -0.25) is 0 Å². The molecule has 0 saturated carbocycles. The number of aliphatic hydroxyl groups is 1. The second-order valence-corrected chi connectivity index (χ2v) is 7.35. The van der Waals surface area contributed by atoms with Gasteiger partial charge in [0.25, 0.3) is 0 Å². The minimum Gasteiger partial charge on any atom is -0.466 e. The number of furan rings is 1. The van der Waals surface area contributed by atoms with Crippen LogP contribution in [0.25, 0.3) is 10.9 Å². The molecule has 3 N–H and O–H groups in total. The summed E-state index contributed by atoms with van der Waals surface area (Å²) in [6.45, 7) is 5.19. The van der Waals surface area contributed by atoms with Gasteiger partial charge in [-0.25, -0.2) is 9.98 Å². The summed E-state index contributed by atoms with van der Waals surface area (Å²) in [5.74, 6) is 2.04. The first kappa shape index (κ1) is 20.7. The van der Waals surface area contributed by atoms with Gasteiger partial charge in [-0.1, -0.05) is 18.2 Å². The minimum atomic E-state index is -1.14. The predicted molar refractivity (Wildman–Crippen MR) is 117 cm³/mol. The topological polar surface area (TPSA) is 85.9 Å². The molecule has 1 atom stereocenters. The minimum absolute atomic E-state index is 0.270. The molecule has 1 aromatic carbocycles. The standard InChI is InChI=1S/C22H29N5O2/c1-5-23-21(25-15-22(2,28)19-11-8-12-29-19)24-14-16-13-20(27(3)4)26-18-10-7-6-9-17(16)18/h6-13,28H,5,14-15H2,1-4H3,(H2,23,24,25). The average Bonchev–Trinajstić information content (AvgIpc) is 3.25. The monoisotopic (exact) mass is 395 g/mol. The fraction of sp³-hybridized carbons (Fsp3) is 0.364. The molecule has 1 unspecified atom stereocenters. The van der Waals surface area contributed by atoms with Crippen LogP contribution in [-0.2, 0) is 12.1 Å². The highest BCUT2D eigenvalue weighted by atomic mass is 16.4. The molecule has 0 fully saturated rings. The maximum atomic E-state index is 10.7. The zero-order valence-electron chi connectivity index (χ0n) is 17.4. The Morgan fingerprint density at radius 2 is 2.00 bits per heavy atom. The summed E-state index contributed by atoms with van der Waals surface area (Å²) in [4.78, 5) is 11.4. The van der Waals surface area contributed by atoms with E-state index in [2.05, 4.69) is 22.8 Å². The molecule has 7 nitrogen and oxygen atoms in total. The molecule has 0 aliphatic carbocycles. The molecule has 0 saturated heterocycles. The number of aromatic nitrogens is 1. The Morgan fingerprint density at radius 3 is 2.69 bits per heavy atom. The summed E-state index contributed by atoms with van der Waals surface area (Å²) in [6.07, 6.45) is 1.56. The van der Waals surface area contributed by atoms with Crippen LogP contribution < -0.4 is 15.5 Å². The number of nitrogens with one attached hydrogen (secondary N) is 2. The Bertz CT molecular complexity index is 965. The van der Waals surface area contributed by atoms with Crippen LogP contribution in [0.5, 0.6) is 0 Å². The highest BCUT2D eigenvalue weighted by molar-refractivity contribution is 5.85. The van der Waals surface area contributed by atoms with E-state index in [9.17, 15) is 5.11 Å². The number of benzene rings is 1. The van der Waals surface area contributed by atoms with Crippen molar-refractivity contribution >= 4 is 22.7 Å². The number of anilines is 1. The van der Waals surface area contributed by atoms with E-state index in [1.807, 2.05) is 44.1 Å². The van der Waals surface area contributed by atoms with Gasteiger partial charge in [-0.2, -0.15) is 0 Å². The van der Waals surface area contributed by atoms with E-state index >= 15 is 0 Å². The number of hydrogen-bond acceptors (Lipinski definition) is 5. The van der Waals surface area contributed by atoms with Crippen LogP contribution in [0.4, 0.5) is 5.82 Å². The Hall–Kier alpha value is -3.06. The number of hydrogen-bond donors (Lipinski definition) is 3. The molecular formula is C22H29N5O2. The molecular weight excluding hydrogens is 366 g/mol. The van der Waals surface area contributed by atoms with Crippen molar-refractivity contribution in [1.82, 2.24) is 15.6 Å². The fourth-order valence-electron chi connectivity index (χ4n) is 3.03. The number of pyridine rings is 1. The smallest absolute Gasteiger partial charge is 0.191 e. The van der Waals surface area contributed by atoms with E-state index in [0.29, 0.717) is 18.3 Å². The van der Waals surface area contributed by atoms with E-state index < -0.39 is 5.60 Å². The Morgan fingerprint density at radius 1 is 1.21 bits per heavy atom. The number of rotatable bonds is 7. The van der Waals surface area contributed by atoms with Crippen molar-refractivity contribution in [3.63, 3.8) is 0 Å². The van der Waals surface area contributed by atoms with Gasteiger partial charge in [-0.05, 0) is 43.7 Å². The van der Waals surface area contributed by atoms with Crippen molar-refractivity contribution in [3.05, 3.63) is 60.1 Å². The van der Waals surface area contributed by atoms with Crippen LogP contribution in [0.2, 0.25) is 0 Å². The number of aliphatic imine (C=N–C) groups is 1. The molecule has 0 amide bonds. The van der Waals surface area contributed by atoms with Gasteiger partial charge in [0.05, 0.1) is 24.9 Å². The first-order valence-corrected chi connectivity index (χ1v) is 9.75. The summed E-state index contributed by atoms with van der Waals surface area (Å²) in [5.41, 5.74) is 0.901. The fourth-order valence-corrected chi connectivity index (χ4v) is 3.03. The quantitative estimate of drug-likeness (QED) is 0.421. The van der Waals surface area contributed by atoms with Crippen LogP contribution in [0.3, 0.4) is 0 Å². The SMILES string of the molecule is CCNC(=NCc1cc(N(C)C)nc2ccccc12)NCC(C)(O)c1ccco1. The Balaban J connectivity index is 1.81. The second kappa shape index (κ2) is 8.96. The normalized spacial score (nSPS) is 13.9. The molecule has 0 aliphatic heterocycles. The van der Waals surface area contributed by atoms with Crippen molar-refractivity contribution in [2.45, 2.75) is 26.0 Å². The summed E-state index contributed by atoms with van der Waals surface area (Å²) < 4.78 is 5.34. The van der Waals surface area contributed by atoms with Crippen LogP contribution in [0.15, 0.2) is 58.1 Å². The molecule has 2 heterocycles. The Kier molecular flexibility index (Phi) is 6.39. The van der Waals surface area contributed by atoms with Gasteiger partial charge >= 0.3 is 0 Å². The molecule has 0 bridgehead atoms. The number of fused-ring (bicyclic) bond motifs is 1. The van der Waals surface area contributed by atoms with Crippen LogP contribution >= 0.6 is 0 Å². The third-order valence-electron chi connectivity index (χ3n) is 4.65. The number of para-hydroxylation sites is 1. The third-order valence-corrected chi connectivity index (χ3v) is 4.65. The van der Waals surface area contributed by atoms with Crippen LogP contribution in [0, 0.1) is 0 Å². The lowest BCUT2D eigenvalue weighted by Gasteiger charge is -2.22. The largest absolute Gasteiger partial charge is 0.466 e. The molecule has 0 aliphatic rings. The highest BCUT2D eigenvalue weighted by Crippen LogP contribution is 2.23. The third kappa shape index (κ3) is 5.06. The van der Waals surface area contributed by atoms with Gasteiger partial charge in [0.15, 0.2) is 5.96 Å². The molecule has 154 valence electrons. The van der Waals surface area contributed by atoms with E-state index in [-0.39, 0.29) is 6.54 Å². The zero-order valence-corrected chi connectivity index (χ0v) is 17.4. The summed E-state index contributed by atoms with van der Waals surface area (Å²) >= 11 is 0. The van der Waals surface area contributed by atoms with Crippen molar-refractivity contribution in [1.29, 1.82) is 0 Å². The lowest BCUT2D eigenvalue weighted by atomic mass is 10.0. The zero-order chi connectivity index (χ0) is 20.9. The van der Waals surface area contributed by atoms with E-state index in [4.69, 9.17) is 14.4 Å². The predicted octanol–water partition coefficient (Wildman–Crippen LogP) is 2.86. The first-order chi connectivity index (χ1) is 13.9. The number of guanidine groups is 1. The molecule has 2 aromatic heterocycles. The van der Waals surface area contributed by atoms with Gasteiger partial charge < -0.3 is 25.1 Å².